The van der Waals surface area contributed by atoms with Crippen LogP contribution < -0.4 is 0 Å². The standard InChI is InChI=1S/C16H18O6/c1-5-16(4,21-14(19)10(2)3)22-15(20)12-9-7-6-8-11(12)13(17)18/h6-9H,2,5H2,1,3-4H3,(H,17,18). The van der Waals surface area contributed by atoms with Crippen LogP contribution in [0.2, 0.25) is 0 Å². The average Bonchev–Trinajstić information content (AvgIpc) is 2.46. The molecule has 0 aliphatic heterocycles. The maximum Gasteiger partial charge on any atom is 0.342 e. The first-order valence-corrected chi connectivity index (χ1v) is 6.64. The number of carboxylic acids is 1. The lowest BCUT2D eigenvalue weighted by Crippen LogP contribution is -2.37. The van der Waals surface area contributed by atoms with Gasteiger partial charge in [0.05, 0.1) is 11.1 Å². The third kappa shape index (κ3) is 4.18. The summed E-state index contributed by atoms with van der Waals surface area (Å²) in [5.74, 6) is -4.32. The molecule has 0 heterocycles. The second-order valence-electron chi connectivity index (χ2n) is 4.90. The molecule has 1 aromatic rings. The summed E-state index contributed by atoms with van der Waals surface area (Å²) < 4.78 is 10.3. The van der Waals surface area contributed by atoms with Crippen LogP contribution in [0.25, 0.3) is 0 Å². The molecule has 6 nitrogen and oxygen atoms in total. The molecule has 0 bridgehead atoms. The Kier molecular flexibility index (Phi) is 5.45. The topological polar surface area (TPSA) is 89.9 Å². The van der Waals surface area contributed by atoms with Crippen LogP contribution in [0.15, 0.2) is 36.4 Å². The smallest absolute Gasteiger partial charge is 0.342 e. The number of ether oxygens (including phenoxy) is 2. The van der Waals surface area contributed by atoms with Gasteiger partial charge in [0.25, 0.3) is 5.79 Å². The molecular weight excluding hydrogens is 288 g/mol. The largest absolute Gasteiger partial charge is 0.478 e. The van der Waals surface area contributed by atoms with Crippen molar-refractivity contribution in [3.8, 4) is 0 Å². The van der Waals surface area contributed by atoms with E-state index in [2.05, 4.69) is 6.58 Å². The van der Waals surface area contributed by atoms with Crippen molar-refractivity contribution in [1.82, 2.24) is 0 Å². The first kappa shape index (κ1) is 17.4. The van der Waals surface area contributed by atoms with Gasteiger partial charge in [0, 0.05) is 18.9 Å². The van der Waals surface area contributed by atoms with Crippen LogP contribution >= 0.6 is 0 Å². The predicted octanol–water partition coefficient (Wildman–Crippen LogP) is 2.79. The normalized spacial score (nSPS) is 12.9. The number of benzene rings is 1. The maximum absolute atomic E-state index is 12.2. The Balaban J connectivity index is 3.01. The highest BCUT2D eigenvalue weighted by atomic mass is 16.7. The summed E-state index contributed by atoms with van der Waals surface area (Å²) in [6, 6.07) is 5.65. The molecule has 0 fully saturated rings. The number of rotatable bonds is 6. The van der Waals surface area contributed by atoms with Crippen molar-refractivity contribution in [1.29, 1.82) is 0 Å². The molecule has 0 aromatic heterocycles. The molecule has 1 unspecified atom stereocenters. The molecular formula is C16H18O6. The third-order valence-corrected chi connectivity index (χ3v) is 2.99. The van der Waals surface area contributed by atoms with Crippen LogP contribution in [0.4, 0.5) is 0 Å². The molecule has 118 valence electrons. The van der Waals surface area contributed by atoms with E-state index >= 15 is 0 Å². The summed E-state index contributed by atoms with van der Waals surface area (Å²) in [6.07, 6.45) is 0.201. The third-order valence-electron chi connectivity index (χ3n) is 2.99. The number of hydrogen-bond acceptors (Lipinski definition) is 5. The fourth-order valence-corrected chi connectivity index (χ4v) is 1.55. The molecule has 0 aliphatic carbocycles. The van der Waals surface area contributed by atoms with Gasteiger partial charge in [-0.3, -0.25) is 0 Å². The van der Waals surface area contributed by atoms with Crippen LogP contribution in [-0.4, -0.2) is 28.8 Å². The number of carbonyl (C=O) groups is 3. The van der Waals surface area contributed by atoms with Crippen LogP contribution in [0.1, 0.15) is 47.9 Å². The number of carbonyl (C=O) groups excluding carboxylic acids is 2. The van der Waals surface area contributed by atoms with Crippen molar-refractivity contribution >= 4 is 17.9 Å². The Morgan fingerprint density at radius 3 is 2.18 bits per heavy atom. The maximum atomic E-state index is 12.2. The van der Waals surface area contributed by atoms with E-state index in [9.17, 15) is 14.4 Å². The van der Waals surface area contributed by atoms with Gasteiger partial charge in [-0.1, -0.05) is 25.6 Å². The molecule has 1 N–H and O–H groups in total. The minimum atomic E-state index is -1.50. The van der Waals surface area contributed by atoms with Crippen molar-refractivity contribution in [3.63, 3.8) is 0 Å². The fourth-order valence-electron chi connectivity index (χ4n) is 1.55. The Morgan fingerprint density at radius 2 is 1.73 bits per heavy atom. The first-order chi connectivity index (χ1) is 10.2. The lowest BCUT2D eigenvalue weighted by Gasteiger charge is -2.28. The van der Waals surface area contributed by atoms with Gasteiger partial charge in [-0.05, 0) is 19.1 Å². The second-order valence-corrected chi connectivity index (χ2v) is 4.90. The van der Waals surface area contributed by atoms with E-state index in [0.29, 0.717) is 0 Å². The van der Waals surface area contributed by atoms with Crippen molar-refractivity contribution < 1.29 is 29.0 Å². The molecule has 0 saturated heterocycles. The lowest BCUT2D eigenvalue weighted by atomic mass is 10.1. The van der Waals surface area contributed by atoms with Crippen LogP contribution in [0.5, 0.6) is 0 Å². The summed E-state index contributed by atoms with van der Waals surface area (Å²) in [5.41, 5.74) is -0.125. The Morgan fingerprint density at radius 1 is 1.18 bits per heavy atom. The van der Waals surface area contributed by atoms with Gasteiger partial charge in [0.15, 0.2) is 0 Å². The minimum absolute atomic E-state index is 0.110. The Labute approximate surface area is 128 Å². The lowest BCUT2D eigenvalue weighted by molar-refractivity contribution is -0.199. The Hall–Kier alpha value is -2.63. The van der Waals surface area contributed by atoms with Gasteiger partial charge >= 0.3 is 17.9 Å². The highest BCUT2D eigenvalue weighted by Gasteiger charge is 2.33. The molecule has 0 aliphatic rings. The molecule has 0 spiro atoms. The molecule has 0 amide bonds. The highest BCUT2D eigenvalue weighted by Crippen LogP contribution is 2.22. The predicted molar refractivity (Wildman–Crippen MR) is 78.4 cm³/mol. The first-order valence-electron chi connectivity index (χ1n) is 6.64. The van der Waals surface area contributed by atoms with E-state index in [0.717, 1.165) is 0 Å². The van der Waals surface area contributed by atoms with Crippen LogP contribution in [-0.2, 0) is 14.3 Å². The number of aromatic carboxylic acids is 1. The zero-order chi connectivity index (χ0) is 16.9. The molecule has 1 atom stereocenters. The van der Waals surface area contributed by atoms with E-state index in [1.807, 2.05) is 0 Å². The molecule has 6 heteroatoms. The van der Waals surface area contributed by atoms with Gasteiger partial charge in [-0.2, -0.15) is 0 Å². The zero-order valence-corrected chi connectivity index (χ0v) is 12.7. The van der Waals surface area contributed by atoms with Crippen molar-refractivity contribution in [2.24, 2.45) is 0 Å². The van der Waals surface area contributed by atoms with E-state index in [-0.39, 0.29) is 23.1 Å². The number of hydrogen-bond donors (Lipinski definition) is 1. The summed E-state index contributed by atoms with van der Waals surface area (Å²) in [6.45, 7) is 8.02. The van der Waals surface area contributed by atoms with Crippen molar-refractivity contribution in [2.45, 2.75) is 33.0 Å². The quantitative estimate of drug-likeness (QED) is 0.494. The molecule has 1 aromatic carbocycles. The number of carboxylic acid groups (broad SMARTS) is 1. The average molecular weight is 306 g/mol. The monoisotopic (exact) mass is 306 g/mol. The van der Waals surface area contributed by atoms with E-state index in [1.165, 1.54) is 38.1 Å². The number of esters is 2. The van der Waals surface area contributed by atoms with Crippen molar-refractivity contribution in [2.75, 3.05) is 0 Å². The summed E-state index contributed by atoms with van der Waals surface area (Å²) in [7, 11) is 0. The SMILES string of the molecule is C=C(C)C(=O)OC(C)(CC)OC(=O)c1ccccc1C(=O)O. The molecule has 0 radical (unpaired) electrons. The zero-order valence-electron chi connectivity index (χ0n) is 12.7. The Bertz CT molecular complexity index is 619. The van der Waals surface area contributed by atoms with E-state index in [4.69, 9.17) is 14.6 Å². The van der Waals surface area contributed by atoms with Gasteiger partial charge in [0.1, 0.15) is 0 Å². The van der Waals surface area contributed by atoms with Gasteiger partial charge < -0.3 is 14.6 Å². The summed E-state index contributed by atoms with van der Waals surface area (Å²) in [5, 5.41) is 9.08. The highest BCUT2D eigenvalue weighted by molar-refractivity contribution is 6.02. The molecule has 1 rings (SSSR count). The van der Waals surface area contributed by atoms with Gasteiger partial charge in [-0.15, -0.1) is 0 Å². The van der Waals surface area contributed by atoms with E-state index < -0.39 is 23.7 Å². The molecule has 22 heavy (non-hydrogen) atoms. The van der Waals surface area contributed by atoms with Gasteiger partial charge in [-0.25, -0.2) is 14.4 Å². The summed E-state index contributed by atoms with van der Waals surface area (Å²) >= 11 is 0. The van der Waals surface area contributed by atoms with Gasteiger partial charge in [0.2, 0.25) is 0 Å². The summed E-state index contributed by atoms with van der Waals surface area (Å²) in [4.78, 5) is 34.9. The van der Waals surface area contributed by atoms with E-state index in [1.54, 1.807) is 6.92 Å². The minimum Gasteiger partial charge on any atom is -0.478 e. The second kappa shape index (κ2) is 6.89. The van der Waals surface area contributed by atoms with Crippen LogP contribution in [0.3, 0.4) is 0 Å². The molecule has 0 saturated carbocycles. The van der Waals surface area contributed by atoms with Crippen molar-refractivity contribution in [3.05, 3.63) is 47.5 Å². The van der Waals surface area contributed by atoms with Crippen LogP contribution in [0, 0.1) is 0 Å². The fraction of sp³-hybridized carbons (Fsp3) is 0.312.